The summed E-state index contributed by atoms with van der Waals surface area (Å²) in [6.07, 6.45) is 0.615. The molecule has 2 aromatic carbocycles. The van der Waals surface area contributed by atoms with Gasteiger partial charge in [-0.25, -0.2) is 9.18 Å². The fraction of sp³-hybridized carbons (Fsp3) is 0.286. The van der Waals surface area contributed by atoms with Crippen LogP contribution in [0.15, 0.2) is 58.1 Å². The van der Waals surface area contributed by atoms with Gasteiger partial charge in [-0.15, -0.1) is 0 Å². The van der Waals surface area contributed by atoms with Crippen molar-refractivity contribution in [3.63, 3.8) is 0 Å². The van der Waals surface area contributed by atoms with E-state index in [2.05, 4.69) is 5.32 Å². The lowest BCUT2D eigenvalue weighted by Crippen LogP contribution is -2.43. The molecule has 1 atom stereocenters. The van der Waals surface area contributed by atoms with Gasteiger partial charge in [-0.05, 0) is 43.2 Å². The van der Waals surface area contributed by atoms with Crippen molar-refractivity contribution in [2.75, 3.05) is 0 Å². The third-order valence-corrected chi connectivity index (χ3v) is 4.82. The van der Waals surface area contributed by atoms with Gasteiger partial charge < -0.3 is 5.32 Å². The molecule has 3 aromatic rings. The van der Waals surface area contributed by atoms with Gasteiger partial charge in [0.2, 0.25) is 5.91 Å². The number of aromatic nitrogens is 2. The number of rotatable bonds is 6. The Morgan fingerprint density at radius 2 is 1.79 bits per heavy atom. The molecule has 7 heteroatoms. The number of fused-ring (bicyclic) bond motifs is 1. The zero-order chi connectivity index (χ0) is 20.3. The number of carbonyl (C=O) groups excluding carboxylic acids is 1. The van der Waals surface area contributed by atoms with Crippen LogP contribution in [0.3, 0.4) is 0 Å². The van der Waals surface area contributed by atoms with E-state index in [4.69, 9.17) is 0 Å². The van der Waals surface area contributed by atoms with Crippen LogP contribution in [0, 0.1) is 5.82 Å². The molecule has 0 aliphatic heterocycles. The maximum atomic E-state index is 13.0. The van der Waals surface area contributed by atoms with E-state index in [0.717, 1.165) is 5.56 Å². The van der Waals surface area contributed by atoms with Crippen LogP contribution in [0.4, 0.5) is 4.39 Å². The zero-order valence-electron chi connectivity index (χ0n) is 15.8. The van der Waals surface area contributed by atoms with Gasteiger partial charge in [0.1, 0.15) is 12.4 Å². The summed E-state index contributed by atoms with van der Waals surface area (Å²) in [5, 5.41) is 3.12. The van der Waals surface area contributed by atoms with E-state index in [-0.39, 0.29) is 36.4 Å². The van der Waals surface area contributed by atoms with Gasteiger partial charge in [0.25, 0.3) is 5.56 Å². The Bertz CT molecular complexity index is 1120. The first-order chi connectivity index (χ1) is 13.4. The molecule has 0 radical (unpaired) electrons. The Hall–Kier alpha value is -3.22. The Labute approximate surface area is 161 Å². The molecule has 0 aliphatic carbocycles. The standard InChI is InChI=1S/C21H22FN3O3/c1-3-14(2)25-20(27)17-6-4-5-7-18(17)24(21(25)28)13-19(26)23-12-15-8-10-16(22)11-9-15/h4-11,14H,3,12-13H2,1-2H3,(H,23,26)/t14-/m1/s1. The van der Waals surface area contributed by atoms with Gasteiger partial charge in [-0.1, -0.05) is 31.2 Å². The second kappa shape index (κ2) is 8.21. The average molecular weight is 383 g/mol. The van der Waals surface area contributed by atoms with Crippen LogP contribution in [-0.2, 0) is 17.9 Å². The smallest absolute Gasteiger partial charge is 0.332 e. The molecule has 1 heterocycles. The fourth-order valence-corrected chi connectivity index (χ4v) is 3.07. The van der Waals surface area contributed by atoms with Gasteiger partial charge in [0.15, 0.2) is 0 Å². The first kappa shape index (κ1) is 19.5. The van der Waals surface area contributed by atoms with Crippen LogP contribution in [0.25, 0.3) is 10.9 Å². The van der Waals surface area contributed by atoms with Crippen LogP contribution < -0.4 is 16.6 Å². The molecule has 0 aliphatic rings. The molecule has 1 aromatic heterocycles. The van der Waals surface area contributed by atoms with Gasteiger partial charge in [0, 0.05) is 12.6 Å². The summed E-state index contributed by atoms with van der Waals surface area (Å²) in [4.78, 5) is 38.2. The number of halogens is 1. The zero-order valence-corrected chi connectivity index (χ0v) is 15.8. The molecular formula is C21H22FN3O3. The second-order valence-electron chi connectivity index (χ2n) is 6.72. The first-order valence-corrected chi connectivity index (χ1v) is 9.17. The van der Waals surface area contributed by atoms with E-state index in [0.29, 0.717) is 17.3 Å². The number of hydrogen-bond acceptors (Lipinski definition) is 3. The molecule has 0 bridgehead atoms. The Morgan fingerprint density at radius 3 is 2.46 bits per heavy atom. The largest absolute Gasteiger partial charge is 0.350 e. The van der Waals surface area contributed by atoms with E-state index < -0.39 is 5.69 Å². The molecule has 0 spiro atoms. The van der Waals surface area contributed by atoms with Gasteiger partial charge in [-0.3, -0.25) is 18.7 Å². The van der Waals surface area contributed by atoms with Crippen LogP contribution >= 0.6 is 0 Å². The molecule has 0 unspecified atom stereocenters. The van der Waals surface area contributed by atoms with Crippen molar-refractivity contribution in [3.8, 4) is 0 Å². The highest BCUT2D eigenvalue weighted by molar-refractivity contribution is 5.81. The number of amides is 1. The molecule has 28 heavy (non-hydrogen) atoms. The normalized spacial score (nSPS) is 12.1. The summed E-state index contributed by atoms with van der Waals surface area (Å²) in [5.41, 5.74) is 0.318. The highest BCUT2D eigenvalue weighted by Gasteiger charge is 2.17. The number of para-hydroxylation sites is 1. The van der Waals surface area contributed by atoms with E-state index in [1.54, 1.807) is 43.3 Å². The van der Waals surface area contributed by atoms with Crippen molar-refractivity contribution in [1.82, 2.24) is 14.5 Å². The first-order valence-electron chi connectivity index (χ1n) is 9.17. The molecule has 0 saturated heterocycles. The van der Waals surface area contributed by atoms with Gasteiger partial charge >= 0.3 is 5.69 Å². The molecule has 0 fully saturated rings. The number of nitrogens with zero attached hydrogens (tertiary/aromatic N) is 2. The van der Waals surface area contributed by atoms with Gasteiger partial charge in [0.05, 0.1) is 10.9 Å². The summed E-state index contributed by atoms with van der Waals surface area (Å²) in [7, 11) is 0. The van der Waals surface area contributed by atoms with E-state index in [1.807, 2.05) is 6.92 Å². The minimum absolute atomic E-state index is 0.211. The summed E-state index contributed by atoms with van der Waals surface area (Å²) in [6.45, 7) is 3.70. The predicted octanol–water partition coefficient (Wildman–Crippen LogP) is 2.59. The lowest BCUT2D eigenvalue weighted by molar-refractivity contribution is -0.121. The van der Waals surface area contributed by atoms with Crippen molar-refractivity contribution >= 4 is 16.8 Å². The predicted molar refractivity (Wildman–Crippen MR) is 106 cm³/mol. The highest BCUT2D eigenvalue weighted by atomic mass is 19.1. The lowest BCUT2D eigenvalue weighted by Gasteiger charge is -2.17. The summed E-state index contributed by atoms with van der Waals surface area (Å²) in [5.74, 6) is -0.716. The van der Waals surface area contributed by atoms with Crippen molar-refractivity contribution in [1.29, 1.82) is 0 Å². The van der Waals surface area contributed by atoms with Crippen LogP contribution in [-0.4, -0.2) is 15.0 Å². The molecule has 3 rings (SSSR count). The quantitative estimate of drug-likeness (QED) is 0.711. The molecule has 0 saturated carbocycles. The third kappa shape index (κ3) is 3.88. The molecule has 6 nitrogen and oxygen atoms in total. The van der Waals surface area contributed by atoms with Gasteiger partial charge in [-0.2, -0.15) is 0 Å². The lowest BCUT2D eigenvalue weighted by atomic mass is 10.2. The number of nitrogens with one attached hydrogen (secondary N) is 1. The van der Waals surface area contributed by atoms with Crippen LogP contribution in [0.1, 0.15) is 31.9 Å². The molecule has 1 amide bonds. The van der Waals surface area contributed by atoms with Crippen molar-refractivity contribution in [2.45, 2.75) is 39.4 Å². The van der Waals surface area contributed by atoms with Crippen molar-refractivity contribution < 1.29 is 9.18 Å². The molecule has 146 valence electrons. The van der Waals surface area contributed by atoms with Crippen molar-refractivity contribution in [2.24, 2.45) is 0 Å². The number of hydrogen-bond donors (Lipinski definition) is 1. The van der Waals surface area contributed by atoms with Crippen molar-refractivity contribution in [3.05, 3.63) is 80.7 Å². The van der Waals surface area contributed by atoms with E-state index in [1.165, 1.54) is 21.3 Å². The van der Waals surface area contributed by atoms with Crippen LogP contribution in [0.2, 0.25) is 0 Å². The minimum Gasteiger partial charge on any atom is -0.350 e. The Balaban J connectivity index is 1.93. The molecular weight excluding hydrogens is 361 g/mol. The monoisotopic (exact) mass is 383 g/mol. The minimum atomic E-state index is -0.505. The topological polar surface area (TPSA) is 73.1 Å². The van der Waals surface area contributed by atoms with Crippen LogP contribution in [0.5, 0.6) is 0 Å². The summed E-state index contributed by atoms with van der Waals surface area (Å²) >= 11 is 0. The Morgan fingerprint density at radius 1 is 1.11 bits per heavy atom. The van der Waals surface area contributed by atoms with E-state index in [9.17, 15) is 18.8 Å². The maximum Gasteiger partial charge on any atom is 0.332 e. The SMILES string of the molecule is CC[C@@H](C)n1c(=O)c2ccccc2n(CC(=O)NCc2ccc(F)cc2)c1=O. The summed E-state index contributed by atoms with van der Waals surface area (Å²) in [6, 6.07) is 12.3. The Kier molecular flexibility index (Phi) is 5.73. The highest BCUT2D eigenvalue weighted by Crippen LogP contribution is 2.11. The second-order valence-corrected chi connectivity index (χ2v) is 6.72. The third-order valence-electron chi connectivity index (χ3n) is 4.82. The molecule has 1 N–H and O–H groups in total. The van der Waals surface area contributed by atoms with E-state index >= 15 is 0 Å². The summed E-state index contributed by atoms with van der Waals surface area (Å²) < 4.78 is 15.5. The average Bonchev–Trinajstić information content (AvgIpc) is 2.70. The number of carbonyl (C=O) groups is 1. The maximum absolute atomic E-state index is 13.0. The fourth-order valence-electron chi connectivity index (χ4n) is 3.07. The number of benzene rings is 2.